The molecule has 0 heterocycles. The summed E-state index contributed by atoms with van der Waals surface area (Å²) in [5, 5.41) is 13.8. The van der Waals surface area contributed by atoms with Crippen LogP contribution in [0.25, 0.3) is 0 Å². The fraction of sp³-hybridized carbons (Fsp3) is 0.0714. The predicted molar refractivity (Wildman–Crippen MR) is 83.7 cm³/mol. The largest absolute Gasteiger partial charge is 0.484 e. The van der Waals surface area contributed by atoms with Crippen LogP contribution in [0.5, 0.6) is 5.75 Å². The molecule has 0 atom stereocenters. The zero-order valence-electron chi connectivity index (χ0n) is 11.1. The molecule has 1 N–H and O–H groups in total. The number of nitrogens with one attached hydrogen (secondary N) is 1. The molecule has 0 saturated heterocycles. The minimum absolute atomic E-state index is 0.00169. The number of hydrogen-bond acceptors (Lipinski definition) is 4. The first kappa shape index (κ1) is 16.1. The molecule has 6 nitrogen and oxygen atoms in total. The van der Waals surface area contributed by atoms with E-state index in [1.807, 2.05) is 0 Å². The highest BCUT2D eigenvalue weighted by Crippen LogP contribution is 2.27. The fourth-order valence-electron chi connectivity index (χ4n) is 1.63. The number of carbonyl (C=O) groups excluding carboxylic acids is 1. The minimum atomic E-state index is -0.625. The van der Waals surface area contributed by atoms with Gasteiger partial charge in [0.2, 0.25) is 0 Å². The number of nitrogens with zero attached hydrogens (tertiary/aromatic N) is 1. The van der Waals surface area contributed by atoms with Gasteiger partial charge in [0.1, 0.15) is 10.8 Å². The second-order valence-corrected chi connectivity index (χ2v) is 5.06. The van der Waals surface area contributed by atoms with Crippen LogP contribution in [0, 0.1) is 10.1 Å². The highest BCUT2D eigenvalue weighted by molar-refractivity contribution is 6.32. The summed E-state index contributed by atoms with van der Waals surface area (Å²) in [6.45, 7) is -0.253. The van der Waals surface area contributed by atoms with Gasteiger partial charge in [-0.1, -0.05) is 29.3 Å². The average Bonchev–Trinajstić information content (AvgIpc) is 2.47. The van der Waals surface area contributed by atoms with E-state index in [-0.39, 0.29) is 23.0 Å². The van der Waals surface area contributed by atoms with Crippen LogP contribution in [0.2, 0.25) is 10.0 Å². The van der Waals surface area contributed by atoms with E-state index in [0.717, 1.165) is 0 Å². The third kappa shape index (κ3) is 4.34. The molecule has 0 aliphatic carbocycles. The van der Waals surface area contributed by atoms with Crippen molar-refractivity contribution < 1.29 is 14.5 Å². The number of benzene rings is 2. The molecule has 22 heavy (non-hydrogen) atoms. The lowest BCUT2D eigenvalue weighted by molar-refractivity contribution is -0.384. The summed E-state index contributed by atoms with van der Waals surface area (Å²) in [5.74, 6) is -0.0127. The average molecular weight is 341 g/mol. The summed E-state index contributed by atoms with van der Waals surface area (Å²) in [6, 6.07) is 10.6. The zero-order valence-corrected chi connectivity index (χ0v) is 12.6. The normalized spacial score (nSPS) is 10.1. The molecule has 0 spiro atoms. The molecule has 0 saturated carbocycles. The Bertz CT molecular complexity index is 722. The molecule has 1 amide bonds. The Morgan fingerprint density at radius 2 is 2.00 bits per heavy atom. The van der Waals surface area contributed by atoms with Crippen LogP contribution in [0.4, 0.5) is 11.4 Å². The maximum atomic E-state index is 11.8. The minimum Gasteiger partial charge on any atom is -0.484 e. The van der Waals surface area contributed by atoms with Crippen LogP contribution in [-0.2, 0) is 4.79 Å². The maximum Gasteiger partial charge on any atom is 0.289 e. The lowest BCUT2D eigenvalue weighted by Gasteiger charge is -2.08. The highest BCUT2D eigenvalue weighted by Gasteiger charge is 2.14. The summed E-state index contributed by atoms with van der Waals surface area (Å²) < 4.78 is 5.27. The SMILES string of the molecule is O=C(COc1cccc(Cl)c1)Nc1ccc(Cl)c([N+](=O)[O-])c1. The number of rotatable bonds is 5. The molecule has 2 aromatic carbocycles. The van der Waals surface area contributed by atoms with Gasteiger partial charge in [0.15, 0.2) is 6.61 Å². The van der Waals surface area contributed by atoms with Crippen LogP contribution in [0.15, 0.2) is 42.5 Å². The van der Waals surface area contributed by atoms with Crippen molar-refractivity contribution in [3.05, 3.63) is 62.6 Å². The maximum absolute atomic E-state index is 11.8. The number of nitro benzene ring substituents is 1. The second kappa shape index (κ2) is 7.11. The van der Waals surface area contributed by atoms with E-state index in [9.17, 15) is 14.9 Å². The van der Waals surface area contributed by atoms with Gasteiger partial charge in [0.25, 0.3) is 11.6 Å². The molecule has 0 radical (unpaired) electrons. The molecule has 0 bridgehead atoms. The van der Waals surface area contributed by atoms with Crippen LogP contribution in [0.3, 0.4) is 0 Å². The Labute approximate surface area is 135 Å². The smallest absolute Gasteiger partial charge is 0.289 e. The van der Waals surface area contributed by atoms with Crippen molar-refractivity contribution in [2.45, 2.75) is 0 Å². The summed E-state index contributed by atoms with van der Waals surface area (Å²) in [4.78, 5) is 21.9. The van der Waals surface area contributed by atoms with Gasteiger partial charge in [0, 0.05) is 16.8 Å². The van der Waals surface area contributed by atoms with Gasteiger partial charge >= 0.3 is 0 Å². The van der Waals surface area contributed by atoms with Gasteiger partial charge in [-0.25, -0.2) is 0 Å². The molecule has 0 aliphatic rings. The zero-order chi connectivity index (χ0) is 16.1. The third-order valence-corrected chi connectivity index (χ3v) is 3.15. The summed E-state index contributed by atoms with van der Waals surface area (Å²) in [5.41, 5.74) is -0.0222. The first-order valence-electron chi connectivity index (χ1n) is 6.08. The first-order valence-corrected chi connectivity index (χ1v) is 6.83. The third-order valence-electron chi connectivity index (χ3n) is 2.59. The lowest BCUT2D eigenvalue weighted by Crippen LogP contribution is -2.20. The van der Waals surface area contributed by atoms with Crippen molar-refractivity contribution in [2.24, 2.45) is 0 Å². The van der Waals surface area contributed by atoms with Crippen LogP contribution in [-0.4, -0.2) is 17.4 Å². The summed E-state index contributed by atoms with van der Waals surface area (Å²) in [6.07, 6.45) is 0. The van der Waals surface area contributed by atoms with Crippen molar-refractivity contribution in [3.8, 4) is 5.75 Å². The van der Waals surface area contributed by atoms with Crippen LogP contribution >= 0.6 is 23.2 Å². The van der Waals surface area contributed by atoms with Crippen LogP contribution in [0.1, 0.15) is 0 Å². The monoisotopic (exact) mass is 340 g/mol. The fourth-order valence-corrected chi connectivity index (χ4v) is 2.00. The number of ether oxygens (including phenoxy) is 1. The Morgan fingerprint density at radius 1 is 1.23 bits per heavy atom. The molecule has 0 aromatic heterocycles. The predicted octanol–water partition coefficient (Wildman–Crippen LogP) is 3.92. The van der Waals surface area contributed by atoms with Crippen molar-refractivity contribution in [1.82, 2.24) is 0 Å². The van der Waals surface area contributed by atoms with E-state index >= 15 is 0 Å². The van der Waals surface area contributed by atoms with Crippen molar-refractivity contribution >= 4 is 40.5 Å². The van der Waals surface area contributed by atoms with Crippen molar-refractivity contribution in [2.75, 3.05) is 11.9 Å². The molecule has 0 unspecified atom stereocenters. The lowest BCUT2D eigenvalue weighted by atomic mass is 10.3. The molecule has 0 fully saturated rings. The van der Waals surface area contributed by atoms with E-state index in [1.54, 1.807) is 24.3 Å². The van der Waals surface area contributed by atoms with E-state index in [0.29, 0.717) is 10.8 Å². The van der Waals surface area contributed by atoms with Crippen molar-refractivity contribution in [3.63, 3.8) is 0 Å². The standard InChI is InChI=1S/C14H10Cl2N2O4/c15-9-2-1-3-11(6-9)22-8-14(19)17-10-4-5-12(16)13(7-10)18(20)21/h1-7H,8H2,(H,17,19). The number of anilines is 1. The Kier molecular flexibility index (Phi) is 5.19. The van der Waals surface area contributed by atoms with Crippen LogP contribution < -0.4 is 10.1 Å². The summed E-state index contributed by atoms with van der Waals surface area (Å²) in [7, 11) is 0. The van der Waals surface area contributed by atoms with E-state index in [1.165, 1.54) is 18.2 Å². The topological polar surface area (TPSA) is 81.5 Å². The number of nitro groups is 1. The second-order valence-electron chi connectivity index (χ2n) is 4.22. The highest BCUT2D eigenvalue weighted by atomic mass is 35.5. The van der Waals surface area contributed by atoms with E-state index in [4.69, 9.17) is 27.9 Å². The van der Waals surface area contributed by atoms with E-state index < -0.39 is 10.8 Å². The molecule has 114 valence electrons. The van der Waals surface area contributed by atoms with Gasteiger partial charge in [0.05, 0.1) is 4.92 Å². The van der Waals surface area contributed by atoms with Gasteiger partial charge in [-0.3, -0.25) is 14.9 Å². The van der Waals surface area contributed by atoms with Gasteiger partial charge in [-0.15, -0.1) is 0 Å². The molecule has 2 aromatic rings. The molecule has 8 heteroatoms. The summed E-state index contributed by atoms with van der Waals surface area (Å²) >= 11 is 11.5. The molecular formula is C14H10Cl2N2O4. The number of amides is 1. The molecule has 0 aliphatic heterocycles. The number of carbonyl (C=O) groups is 1. The number of hydrogen-bond donors (Lipinski definition) is 1. The first-order chi connectivity index (χ1) is 10.5. The van der Waals surface area contributed by atoms with Gasteiger partial charge in [-0.05, 0) is 30.3 Å². The van der Waals surface area contributed by atoms with Gasteiger partial charge < -0.3 is 10.1 Å². The number of halogens is 2. The van der Waals surface area contributed by atoms with Crippen molar-refractivity contribution in [1.29, 1.82) is 0 Å². The van der Waals surface area contributed by atoms with Gasteiger partial charge in [-0.2, -0.15) is 0 Å². The van der Waals surface area contributed by atoms with E-state index in [2.05, 4.69) is 5.32 Å². The quantitative estimate of drug-likeness (QED) is 0.660. The Balaban J connectivity index is 1.97. The molecule has 2 rings (SSSR count). The Morgan fingerprint density at radius 3 is 2.68 bits per heavy atom. The molecular weight excluding hydrogens is 331 g/mol. The Hall–Kier alpha value is -2.31.